The fraction of sp³-hybridized carbons (Fsp3) is 0.300. The van der Waals surface area contributed by atoms with E-state index < -0.39 is 6.10 Å². The van der Waals surface area contributed by atoms with Crippen molar-refractivity contribution < 1.29 is 14.3 Å². The number of morpholine rings is 1. The minimum Gasteiger partial charge on any atom is -0.366 e. The Bertz CT molecular complexity index is 768. The topological polar surface area (TPSA) is 79.5 Å². The summed E-state index contributed by atoms with van der Waals surface area (Å²) in [4.78, 5) is 24.9. The maximum Gasteiger partial charge on any atom is 0.254 e. The largest absolute Gasteiger partial charge is 0.366 e. The van der Waals surface area contributed by atoms with Crippen LogP contribution in [0, 0.1) is 6.92 Å². The molecular weight excluding hydrogens is 330 g/mol. The van der Waals surface area contributed by atoms with Crippen LogP contribution in [-0.4, -0.2) is 37.6 Å². The van der Waals surface area contributed by atoms with Gasteiger partial charge in [-0.05, 0) is 24.6 Å². The van der Waals surface area contributed by atoms with Crippen molar-refractivity contribution in [2.24, 2.45) is 0 Å². The molecule has 1 atom stereocenters. The summed E-state index contributed by atoms with van der Waals surface area (Å²) < 4.78 is 5.45. The van der Waals surface area contributed by atoms with Crippen LogP contribution >= 0.6 is 0 Å². The molecule has 6 nitrogen and oxygen atoms in total. The van der Waals surface area contributed by atoms with Gasteiger partial charge in [0, 0.05) is 19.6 Å². The summed E-state index contributed by atoms with van der Waals surface area (Å²) >= 11 is 0. The number of nitrogens with one attached hydrogen (secondary N) is 3. The molecule has 0 spiro atoms. The molecule has 1 saturated heterocycles. The standard InChI is InChI=1S/C20H23N3O3/c1-14-6-8-15(9-7-14)12-22-19(24)16-4-2-3-5-17(16)23-20(25)18-13-21-10-11-26-18/h2-9,18,21H,10-13H2,1H3,(H,22,24)(H,23,25). The lowest BCUT2D eigenvalue weighted by Crippen LogP contribution is -2.45. The van der Waals surface area contributed by atoms with Crippen molar-refractivity contribution in [3.8, 4) is 0 Å². The van der Waals surface area contributed by atoms with Crippen LogP contribution < -0.4 is 16.0 Å². The molecule has 1 unspecified atom stereocenters. The van der Waals surface area contributed by atoms with Crippen LogP contribution in [0.15, 0.2) is 48.5 Å². The van der Waals surface area contributed by atoms with Crippen LogP contribution in [0.1, 0.15) is 21.5 Å². The molecule has 1 aliphatic rings. The highest BCUT2D eigenvalue weighted by Gasteiger charge is 2.23. The number of ether oxygens (including phenoxy) is 1. The molecule has 0 aliphatic carbocycles. The summed E-state index contributed by atoms with van der Waals surface area (Å²) in [7, 11) is 0. The van der Waals surface area contributed by atoms with E-state index in [0.29, 0.717) is 30.9 Å². The molecule has 136 valence electrons. The molecule has 0 saturated carbocycles. The van der Waals surface area contributed by atoms with Crippen molar-refractivity contribution in [1.29, 1.82) is 0 Å². The van der Waals surface area contributed by atoms with Crippen molar-refractivity contribution in [2.45, 2.75) is 19.6 Å². The Morgan fingerprint density at radius 3 is 2.65 bits per heavy atom. The van der Waals surface area contributed by atoms with E-state index in [1.54, 1.807) is 24.3 Å². The number of carbonyl (C=O) groups is 2. The second-order valence-electron chi connectivity index (χ2n) is 6.27. The number of rotatable bonds is 5. The third-order valence-electron chi connectivity index (χ3n) is 4.22. The molecule has 2 amide bonds. The van der Waals surface area contributed by atoms with Crippen LogP contribution in [0.2, 0.25) is 0 Å². The van der Waals surface area contributed by atoms with E-state index >= 15 is 0 Å². The summed E-state index contributed by atoms with van der Waals surface area (Å²) in [6.07, 6.45) is -0.549. The number of benzene rings is 2. The highest BCUT2D eigenvalue weighted by Crippen LogP contribution is 2.16. The van der Waals surface area contributed by atoms with Gasteiger partial charge in [-0.25, -0.2) is 0 Å². The van der Waals surface area contributed by atoms with E-state index in [0.717, 1.165) is 12.1 Å². The lowest BCUT2D eigenvalue weighted by molar-refractivity contribution is -0.128. The van der Waals surface area contributed by atoms with Crippen LogP contribution in [0.4, 0.5) is 5.69 Å². The first-order valence-electron chi connectivity index (χ1n) is 8.69. The zero-order chi connectivity index (χ0) is 18.4. The molecule has 2 aromatic rings. The summed E-state index contributed by atoms with van der Waals surface area (Å²) in [6.45, 7) is 4.15. The highest BCUT2D eigenvalue weighted by molar-refractivity contribution is 6.04. The van der Waals surface area contributed by atoms with Gasteiger partial charge >= 0.3 is 0 Å². The molecule has 1 fully saturated rings. The van der Waals surface area contributed by atoms with Crippen LogP contribution in [0.25, 0.3) is 0 Å². The minimum absolute atomic E-state index is 0.232. The van der Waals surface area contributed by atoms with Crippen molar-refractivity contribution in [1.82, 2.24) is 10.6 Å². The number of hydrogen-bond acceptors (Lipinski definition) is 4. The Labute approximate surface area is 152 Å². The predicted octanol–water partition coefficient (Wildman–Crippen LogP) is 1.85. The SMILES string of the molecule is Cc1ccc(CNC(=O)c2ccccc2NC(=O)C2CNCCO2)cc1. The maximum absolute atomic E-state index is 12.6. The fourth-order valence-electron chi connectivity index (χ4n) is 2.72. The van der Waals surface area contributed by atoms with Gasteiger partial charge in [-0.2, -0.15) is 0 Å². The maximum atomic E-state index is 12.6. The zero-order valence-electron chi connectivity index (χ0n) is 14.7. The predicted molar refractivity (Wildman–Crippen MR) is 100 cm³/mol. The summed E-state index contributed by atoms with van der Waals surface area (Å²) in [6, 6.07) is 15.0. The normalized spacial score (nSPS) is 16.7. The van der Waals surface area contributed by atoms with Gasteiger partial charge in [-0.15, -0.1) is 0 Å². The lowest BCUT2D eigenvalue weighted by atomic mass is 10.1. The summed E-state index contributed by atoms with van der Waals surface area (Å²) in [5.41, 5.74) is 3.10. The average Bonchev–Trinajstić information content (AvgIpc) is 2.68. The van der Waals surface area contributed by atoms with E-state index in [1.807, 2.05) is 31.2 Å². The average molecular weight is 353 g/mol. The van der Waals surface area contributed by atoms with Crippen molar-refractivity contribution in [3.63, 3.8) is 0 Å². The molecule has 6 heteroatoms. The number of amides is 2. The zero-order valence-corrected chi connectivity index (χ0v) is 14.7. The lowest BCUT2D eigenvalue weighted by Gasteiger charge is -2.23. The molecule has 3 rings (SSSR count). The second kappa shape index (κ2) is 8.60. The Hall–Kier alpha value is -2.70. The number of hydrogen-bond donors (Lipinski definition) is 3. The van der Waals surface area contributed by atoms with Gasteiger partial charge in [0.2, 0.25) is 0 Å². The molecule has 1 aliphatic heterocycles. The Morgan fingerprint density at radius 2 is 1.92 bits per heavy atom. The highest BCUT2D eigenvalue weighted by atomic mass is 16.5. The third-order valence-corrected chi connectivity index (χ3v) is 4.22. The quantitative estimate of drug-likeness (QED) is 0.766. The van der Waals surface area contributed by atoms with Crippen molar-refractivity contribution in [2.75, 3.05) is 25.0 Å². The smallest absolute Gasteiger partial charge is 0.254 e. The van der Waals surface area contributed by atoms with E-state index in [4.69, 9.17) is 4.74 Å². The van der Waals surface area contributed by atoms with Crippen LogP contribution in [0.3, 0.4) is 0 Å². The first-order valence-corrected chi connectivity index (χ1v) is 8.69. The number of para-hydroxylation sites is 1. The van der Waals surface area contributed by atoms with Gasteiger partial charge < -0.3 is 20.7 Å². The molecule has 3 N–H and O–H groups in total. The van der Waals surface area contributed by atoms with E-state index in [9.17, 15) is 9.59 Å². The third kappa shape index (κ3) is 4.68. The summed E-state index contributed by atoms with van der Waals surface area (Å²) in [5.74, 6) is -0.486. The first kappa shape index (κ1) is 18.1. The number of carbonyl (C=O) groups excluding carboxylic acids is 2. The van der Waals surface area contributed by atoms with Crippen LogP contribution in [-0.2, 0) is 16.1 Å². The monoisotopic (exact) mass is 353 g/mol. The van der Waals surface area contributed by atoms with Crippen molar-refractivity contribution in [3.05, 3.63) is 65.2 Å². The Morgan fingerprint density at radius 1 is 1.15 bits per heavy atom. The van der Waals surface area contributed by atoms with Gasteiger partial charge in [0.1, 0.15) is 6.10 Å². The summed E-state index contributed by atoms with van der Waals surface area (Å²) in [5, 5.41) is 8.81. The molecular formula is C20H23N3O3. The molecule has 2 aromatic carbocycles. The number of aryl methyl sites for hydroxylation is 1. The van der Waals surface area contributed by atoms with Crippen molar-refractivity contribution >= 4 is 17.5 Å². The molecule has 1 heterocycles. The van der Waals surface area contributed by atoms with Gasteiger partial charge in [-0.1, -0.05) is 42.0 Å². The van der Waals surface area contributed by atoms with Gasteiger partial charge in [0.25, 0.3) is 11.8 Å². The fourth-order valence-corrected chi connectivity index (χ4v) is 2.72. The first-order chi connectivity index (χ1) is 12.6. The molecule has 0 radical (unpaired) electrons. The van der Waals surface area contributed by atoms with E-state index in [1.165, 1.54) is 5.56 Å². The molecule has 0 aromatic heterocycles. The van der Waals surface area contributed by atoms with E-state index in [-0.39, 0.29) is 11.8 Å². The molecule has 0 bridgehead atoms. The second-order valence-corrected chi connectivity index (χ2v) is 6.27. The Balaban J connectivity index is 1.64. The Kier molecular flexibility index (Phi) is 5.99. The van der Waals surface area contributed by atoms with Gasteiger partial charge in [-0.3, -0.25) is 9.59 Å². The van der Waals surface area contributed by atoms with Gasteiger partial charge in [0.05, 0.1) is 17.9 Å². The minimum atomic E-state index is -0.549. The van der Waals surface area contributed by atoms with Crippen LogP contribution in [0.5, 0.6) is 0 Å². The number of anilines is 1. The van der Waals surface area contributed by atoms with Gasteiger partial charge in [0.15, 0.2) is 0 Å². The van der Waals surface area contributed by atoms with E-state index in [2.05, 4.69) is 16.0 Å². The molecule has 26 heavy (non-hydrogen) atoms.